The Bertz CT molecular complexity index is 404. The smallest absolute Gasteiger partial charge is 0.263 e. The van der Waals surface area contributed by atoms with Crippen LogP contribution in [0.5, 0.6) is 5.88 Å². The lowest BCUT2D eigenvalue weighted by molar-refractivity contribution is 0.292. The van der Waals surface area contributed by atoms with Gasteiger partial charge in [-0.2, -0.15) is 0 Å². The molecule has 0 bridgehead atoms. The average Bonchev–Trinajstić information content (AvgIpc) is 2.58. The third-order valence-electron chi connectivity index (χ3n) is 1.57. The van der Waals surface area contributed by atoms with E-state index in [1.807, 2.05) is 6.07 Å². The van der Waals surface area contributed by atoms with Crippen molar-refractivity contribution in [2.75, 3.05) is 13.2 Å². The second-order valence-electron chi connectivity index (χ2n) is 2.48. The molecule has 0 aliphatic carbocycles. The summed E-state index contributed by atoms with van der Waals surface area (Å²) in [4.78, 5) is 3.97. The minimum Gasteiger partial charge on any atom is -0.474 e. The first-order valence-electron chi connectivity index (χ1n) is 3.95. The Balaban J connectivity index is 0.000000980. The molecule has 0 spiro atoms. The SMILES string of the molecule is Cl.NCCOc1noc2ncccc12. The zero-order chi connectivity index (χ0) is 9.10. The Labute approximate surface area is 86.6 Å². The van der Waals surface area contributed by atoms with Gasteiger partial charge in [0.25, 0.3) is 11.6 Å². The van der Waals surface area contributed by atoms with Gasteiger partial charge in [0.1, 0.15) is 12.0 Å². The van der Waals surface area contributed by atoms with Gasteiger partial charge in [-0.25, -0.2) is 4.98 Å². The molecule has 14 heavy (non-hydrogen) atoms. The van der Waals surface area contributed by atoms with Crippen LogP contribution in [0.25, 0.3) is 11.1 Å². The summed E-state index contributed by atoms with van der Waals surface area (Å²) in [6.07, 6.45) is 1.64. The van der Waals surface area contributed by atoms with Gasteiger partial charge in [-0.05, 0) is 17.3 Å². The fourth-order valence-electron chi connectivity index (χ4n) is 1.02. The molecule has 0 unspecified atom stereocenters. The van der Waals surface area contributed by atoms with E-state index in [2.05, 4.69) is 10.1 Å². The molecule has 0 saturated heterocycles. The molecule has 0 aliphatic heterocycles. The molecule has 76 valence electrons. The monoisotopic (exact) mass is 215 g/mol. The Morgan fingerprint density at radius 1 is 1.50 bits per heavy atom. The van der Waals surface area contributed by atoms with Crippen molar-refractivity contribution in [3.05, 3.63) is 18.3 Å². The van der Waals surface area contributed by atoms with Crippen molar-refractivity contribution in [2.45, 2.75) is 0 Å². The van der Waals surface area contributed by atoms with Crippen molar-refractivity contribution in [1.29, 1.82) is 0 Å². The van der Waals surface area contributed by atoms with Crippen LogP contribution in [0.1, 0.15) is 0 Å². The highest BCUT2D eigenvalue weighted by Crippen LogP contribution is 2.21. The highest BCUT2D eigenvalue weighted by molar-refractivity contribution is 5.85. The van der Waals surface area contributed by atoms with Gasteiger partial charge in [-0.3, -0.25) is 0 Å². The highest BCUT2D eigenvalue weighted by Gasteiger charge is 2.08. The molecule has 0 aromatic carbocycles. The lowest BCUT2D eigenvalue weighted by Gasteiger charge is -1.97. The Morgan fingerprint density at radius 3 is 3.14 bits per heavy atom. The number of ether oxygens (including phenoxy) is 1. The maximum Gasteiger partial charge on any atom is 0.263 e. The molecule has 2 heterocycles. The van der Waals surface area contributed by atoms with E-state index in [-0.39, 0.29) is 12.4 Å². The van der Waals surface area contributed by atoms with E-state index in [4.69, 9.17) is 15.0 Å². The first kappa shape index (κ1) is 10.7. The van der Waals surface area contributed by atoms with Gasteiger partial charge < -0.3 is 15.0 Å². The summed E-state index contributed by atoms with van der Waals surface area (Å²) in [5.41, 5.74) is 5.77. The third-order valence-corrected chi connectivity index (χ3v) is 1.57. The van der Waals surface area contributed by atoms with Crippen molar-refractivity contribution < 1.29 is 9.26 Å². The number of rotatable bonds is 3. The predicted molar refractivity (Wildman–Crippen MR) is 53.6 cm³/mol. The van der Waals surface area contributed by atoms with Gasteiger partial charge in [0.15, 0.2) is 0 Å². The van der Waals surface area contributed by atoms with Crippen molar-refractivity contribution in [3.63, 3.8) is 0 Å². The number of aromatic nitrogens is 2. The Kier molecular flexibility index (Phi) is 3.67. The number of fused-ring (bicyclic) bond motifs is 1. The van der Waals surface area contributed by atoms with Crippen molar-refractivity contribution in [3.8, 4) is 5.88 Å². The lowest BCUT2D eigenvalue weighted by atomic mass is 10.3. The average molecular weight is 216 g/mol. The van der Waals surface area contributed by atoms with Crippen LogP contribution in [-0.2, 0) is 0 Å². The first-order valence-corrected chi connectivity index (χ1v) is 3.95. The number of nitrogens with two attached hydrogens (primary N) is 1. The van der Waals surface area contributed by atoms with Crippen LogP contribution in [0, 0.1) is 0 Å². The fourth-order valence-corrected chi connectivity index (χ4v) is 1.02. The van der Waals surface area contributed by atoms with Crippen LogP contribution in [0.4, 0.5) is 0 Å². The fraction of sp³-hybridized carbons (Fsp3) is 0.250. The topological polar surface area (TPSA) is 74.2 Å². The van der Waals surface area contributed by atoms with Gasteiger partial charge in [0.2, 0.25) is 0 Å². The Morgan fingerprint density at radius 2 is 2.36 bits per heavy atom. The van der Waals surface area contributed by atoms with Gasteiger partial charge >= 0.3 is 0 Å². The van der Waals surface area contributed by atoms with E-state index >= 15 is 0 Å². The van der Waals surface area contributed by atoms with E-state index in [0.717, 1.165) is 5.39 Å². The molecule has 0 atom stereocenters. The van der Waals surface area contributed by atoms with E-state index in [1.165, 1.54) is 0 Å². The number of halogens is 1. The zero-order valence-electron chi connectivity index (χ0n) is 7.34. The standard InChI is InChI=1S/C8H9N3O2.ClH/c9-3-5-12-8-6-2-1-4-10-7(6)13-11-8;/h1-2,4H,3,5,9H2;1H. The molecule has 0 fully saturated rings. The summed E-state index contributed by atoms with van der Waals surface area (Å²) in [6, 6.07) is 3.64. The van der Waals surface area contributed by atoms with Gasteiger partial charge in [0, 0.05) is 12.7 Å². The van der Waals surface area contributed by atoms with E-state index in [9.17, 15) is 0 Å². The van der Waals surface area contributed by atoms with Crippen LogP contribution in [-0.4, -0.2) is 23.3 Å². The summed E-state index contributed by atoms with van der Waals surface area (Å²) in [7, 11) is 0. The Hall–Kier alpha value is -1.33. The van der Waals surface area contributed by atoms with Crippen molar-refractivity contribution >= 4 is 23.5 Å². The normalized spacial score (nSPS) is 9.79. The molecular weight excluding hydrogens is 206 g/mol. The van der Waals surface area contributed by atoms with E-state index < -0.39 is 0 Å². The van der Waals surface area contributed by atoms with E-state index in [1.54, 1.807) is 12.3 Å². The summed E-state index contributed by atoms with van der Waals surface area (Å²) in [5.74, 6) is 0.452. The maximum atomic E-state index is 5.29. The molecule has 2 aromatic rings. The minimum absolute atomic E-state index is 0. The summed E-state index contributed by atoms with van der Waals surface area (Å²) >= 11 is 0. The number of hydrogen-bond acceptors (Lipinski definition) is 5. The second kappa shape index (κ2) is 4.78. The molecule has 2 rings (SSSR count). The quantitative estimate of drug-likeness (QED) is 0.826. The largest absolute Gasteiger partial charge is 0.474 e. The van der Waals surface area contributed by atoms with Crippen LogP contribution >= 0.6 is 12.4 Å². The number of hydrogen-bond donors (Lipinski definition) is 1. The maximum absolute atomic E-state index is 5.29. The van der Waals surface area contributed by atoms with Crippen LogP contribution < -0.4 is 10.5 Å². The van der Waals surface area contributed by atoms with E-state index in [0.29, 0.717) is 24.7 Å². The van der Waals surface area contributed by atoms with Crippen LogP contribution in [0.15, 0.2) is 22.9 Å². The van der Waals surface area contributed by atoms with Crippen LogP contribution in [0.3, 0.4) is 0 Å². The van der Waals surface area contributed by atoms with Crippen molar-refractivity contribution in [2.24, 2.45) is 5.73 Å². The summed E-state index contributed by atoms with van der Waals surface area (Å²) in [5, 5.41) is 4.49. The lowest BCUT2D eigenvalue weighted by Crippen LogP contribution is -2.10. The predicted octanol–water partition coefficient (Wildman–Crippen LogP) is 0.982. The molecule has 0 saturated carbocycles. The van der Waals surface area contributed by atoms with Gasteiger partial charge in [-0.15, -0.1) is 12.4 Å². The third kappa shape index (κ3) is 1.94. The summed E-state index contributed by atoms with van der Waals surface area (Å²) in [6.45, 7) is 0.880. The van der Waals surface area contributed by atoms with Gasteiger partial charge in [0.05, 0.1) is 0 Å². The second-order valence-corrected chi connectivity index (χ2v) is 2.48. The van der Waals surface area contributed by atoms with Gasteiger partial charge in [-0.1, -0.05) is 0 Å². The summed E-state index contributed by atoms with van der Waals surface area (Å²) < 4.78 is 10.2. The molecule has 5 nitrogen and oxygen atoms in total. The number of nitrogens with zero attached hydrogens (tertiary/aromatic N) is 2. The molecule has 0 radical (unpaired) electrons. The minimum atomic E-state index is 0. The zero-order valence-corrected chi connectivity index (χ0v) is 8.16. The molecule has 0 aliphatic rings. The molecular formula is C8H10ClN3O2. The molecule has 6 heteroatoms. The first-order chi connectivity index (χ1) is 6.42. The molecule has 0 amide bonds. The highest BCUT2D eigenvalue weighted by atomic mass is 35.5. The molecule has 2 aromatic heterocycles. The van der Waals surface area contributed by atoms with Crippen molar-refractivity contribution in [1.82, 2.24) is 10.1 Å². The van der Waals surface area contributed by atoms with Crippen LogP contribution in [0.2, 0.25) is 0 Å². The molecule has 2 N–H and O–H groups in total. The number of pyridine rings is 1.